The molecule has 0 saturated heterocycles. The third kappa shape index (κ3) is 2.53. The highest BCUT2D eigenvalue weighted by Crippen LogP contribution is 2.34. The van der Waals surface area contributed by atoms with Gasteiger partial charge in [0.1, 0.15) is 11.0 Å². The molecule has 1 aromatic carbocycles. The SMILES string of the molecule is CN1C(=N)C(N)=C(C2C=C(c3ccc4nonc4c3)C=CC2)CC1=O. The summed E-state index contributed by atoms with van der Waals surface area (Å²) in [5, 5.41) is 15.7. The van der Waals surface area contributed by atoms with Crippen molar-refractivity contribution < 1.29 is 9.42 Å². The Balaban J connectivity index is 1.71. The van der Waals surface area contributed by atoms with E-state index in [1.807, 2.05) is 24.3 Å². The summed E-state index contributed by atoms with van der Waals surface area (Å²) in [6, 6.07) is 5.75. The quantitative estimate of drug-likeness (QED) is 0.874. The minimum atomic E-state index is -0.103. The van der Waals surface area contributed by atoms with Crippen LogP contribution in [0.5, 0.6) is 0 Å². The predicted molar refractivity (Wildman–Crippen MR) is 93.4 cm³/mol. The van der Waals surface area contributed by atoms with Crippen molar-refractivity contribution in [3.05, 3.63) is 53.3 Å². The lowest BCUT2D eigenvalue weighted by molar-refractivity contribution is -0.126. The van der Waals surface area contributed by atoms with E-state index in [-0.39, 0.29) is 24.1 Å². The fourth-order valence-corrected chi connectivity index (χ4v) is 3.24. The fraction of sp³-hybridized carbons (Fsp3) is 0.222. The molecule has 0 radical (unpaired) electrons. The maximum absolute atomic E-state index is 12.1. The van der Waals surface area contributed by atoms with Crippen molar-refractivity contribution in [2.24, 2.45) is 11.7 Å². The number of carbonyl (C=O) groups is 1. The van der Waals surface area contributed by atoms with Crippen LogP contribution in [0.1, 0.15) is 18.4 Å². The minimum absolute atomic E-state index is 0.00382. The molecule has 25 heavy (non-hydrogen) atoms. The Bertz CT molecular complexity index is 982. The first-order valence-electron chi connectivity index (χ1n) is 7.99. The molecule has 0 saturated carbocycles. The molecule has 7 heteroatoms. The van der Waals surface area contributed by atoms with E-state index in [1.165, 1.54) is 4.90 Å². The Labute approximate surface area is 143 Å². The van der Waals surface area contributed by atoms with Gasteiger partial charge >= 0.3 is 0 Å². The molecule has 0 spiro atoms. The fourth-order valence-electron chi connectivity index (χ4n) is 3.24. The van der Waals surface area contributed by atoms with Gasteiger partial charge in [-0.15, -0.1) is 0 Å². The number of hydrogen-bond acceptors (Lipinski definition) is 6. The van der Waals surface area contributed by atoms with E-state index in [4.69, 9.17) is 15.8 Å². The van der Waals surface area contributed by atoms with E-state index in [9.17, 15) is 4.79 Å². The van der Waals surface area contributed by atoms with Crippen molar-refractivity contribution in [2.75, 3.05) is 7.05 Å². The number of hydrogen-bond donors (Lipinski definition) is 2. The number of benzene rings is 1. The van der Waals surface area contributed by atoms with E-state index in [0.29, 0.717) is 16.7 Å². The second-order valence-electron chi connectivity index (χ2n) is 6.25. The van der Waals surface area contributed by atoms with Crippen molar-refractivity contribution in [2.45, 2.75) is 12.8 Å². The van der Waals surface area contributed by atoms with Crippen LogP contribution in [0.15, 0.2) is 52.3 Å². The Morgan fingerprint density at radius 3 is 2.96 bits per heavy atom. The van der Waals surface area contributed by atoms with E-state index in [1.54, 1.807) is 7.05 Å². The number of likely N-dealkylation sites (N-methyl/N-ethyl adjacent to an activating group) is 1. The van der Waals surface area contributed by atoms with Gasteiger partial charge in [0.05, 0.1) is 12.1 Å². The normalized spacial score (nSPS) is 21.2. The lowest BCUT2D eigenvalue weighted by atomic mass is 9.83. The van der Waals surface area contributed by atoms with Crippen molar-refractivity contribution in [1.82, 2.24) is 15.2 Å². The van der Waals surface area contributed by atoms with Gasteiger partial charge in [-0.3, -0.25) is 15.1 Å². The lowest BCUT2D eigenvalue weighted by Gasteiger charge is -2.30. The number of rotatable bonds is 2. The molecule has 1 aromatic heterocycles. The lowest BCUT2D eigenvalue weighted by Crippen LogP contribution is -2.41. The minimum Gasteiger partial charge on any atom is -0.396 e. The Morgan fingerprint density at radius 2 is 2.12 bits per heavy atom. The van der Waals surface area contributed by atoms with Crippen molar-refractivity contribution in [3.63, 3.8) is 0 Å². The molecule has 1 amide bonds. The first-order chi connectivity index (χ1) is 12.0. The number of nitrogens with one attached hydrogen (secondary N) is 1. The second-order valence-corrected chi connectivity index (χ2v) is 6.25. The maximum atomic E-state index is 12.1. The smallest absolute Gasteiger partial charge is 0.232 e. The molecule has 4 rings (SSSR count). The van der Waals surface area contributed by atoms with Crippen LogP contribution in [-0.2, 0) is 4.79 Å². The summed E-state index contributed by atoms with van der Waals surface area (Å²) < 4.78 is 4.74. The van der Waals surface area contributed by atoms with E-state index >= 15 is 0 Å². The Hall–Kier alpha value is -3.22. The Kier molecular flexibility index (Phi) is 3.49. The molecule has 0 fully saturated rings. The molecule has 126 valence electrons. The number of fused-ring (bicyclic) bond motifs is 1. The van der Waals surface area contributed by atoms with Crippen LogP contribution in [0.2, 0.25) is 0 Å². The van der Waals surface area contributed by atoms with Gasteiger partial charge in [-0.2, -0.15) is 0 Å². The largest absolute Gasteiger partial charge is 0.396 e. The van der Waals surface area contributed by atoms with Crippen LogP contribution < -0.4 is 5.73 Å². The molecule has 1 aliphatic carbocycles. The summed E-state index contributed by atoms with van der Waals surface area (Å²) >= 11 is 0. The number of carbonyl (C=O) groups excluding carboxylic acids is 1. The van der Waals surface area contributed by atoms with Gasteiger partial charge in [-0.25, -0.2) is 4.63 Å². The molecule has 1 unspecified atom stereocenters. The summed E-state index contributed by atoms with van der Waals surface area (Å²) in [7, 11) is 1.58. The monoisotopic (exact) mass is 335 g/mol. The summed E-state index contributed by atoms with van der Waals surface area (Å²) in [6.45, 7) is 0. The maximum Gasteiger partial charge on any atom is 0.232 e. The highest BCUT2D eigenvalue weighted by Gasteiger charge is 2.30. The number of amides is 1. The van der Waals surface area contributed by atoms with Crippen LogP contribution in [-0.4, -0.2) is 34.0 Å². The van der Waals surface area contributed by atoms with Gasteiger partial charge < -0.3 is 5.73 Å². The van der Waals surface area contributed by atoms with Gasteiger partial charge in [0.25, 0.3) is 0 Å². The molecule has 0 bridgehead atoms. The number of nitrogens with zero attached hydrogens (tertiary/aromatic N) is 3. The predicted octanol–water partition coefficient (Wildman–Crippen LogP) is 2.23. The number of nitrogens with two attached hydrogens (primary N) is 1. The van der Waals surface area contributed by atoms with Gasteiger partial charge in [0, 0.05) is 13.0 Å². The molecule has 2 aliphatic rings. The van der Waals surface area contributed by atoms with E-state index in [2.05, 4.69) is 22.5 Å². The molecule has 7 nitrogen and oxygen atoms in total. The average molecular weight is 335 g/mol. The van der Waals surface area contributed by atoms with Crippen LogP contribution in [0, 0.1) is 11.3 Å². The van der Waals surface area contributed by atoms with Crippen molar-refractivity contribution >= 4 is 28.3 Å². The van der Waals surface area contributed by atoms with Gasteiger partial charge in [-0.1, -0.05) is 24.3 Å². The highest BCUT2D eigenvalue weighted by atomic mass is 16.6. The zero-order valence-electron chi connectivity index (χ0n) is 13.7. The molecule has 3 N–H and O–H groups in total. The third-order valence-electron chi connectivity index (χ3n) is 4.76. The average Bonchev–Trinajstić information content (AvgIpc) is 3.11. The summed E-state index contributed by atoms with van der Waals surface area (Å²) in [4.78, 5) is 13.4. The van der Waals surface area contributed by atoms with E-state index < -0.39 is 0 Å². The second kappa shape index (κ2) is 5.70. The molecular formula is C18H17N5O2. The van der Waals surface area contributed by atoms with Gasteiger partial charge in [-0.05, 0) is 45.6 Å². The standard InChI is InChI=1S/C18H17N5O2/c1-23-16(24)9-13(17(19)18(23)20)12-4-2-3-10(7-12)11-5-6-14-15(8-11)22-25-21-14/h2-3,5-8,12,20H,4,9,19H2,1H3. The number of allylic oxidation sites excluding steroid dienone is 4. The summed E-state index contributed by atoms with van der Waals surface area (Å²) in [5.74, 6) is -0.0243. The van der Waals surface area contributed by atoms with Gasteiger partial charge in [0.2, 0.25) is 5.91 Å². The first kappa shape index (κ1) is 15.3. The topological polar surface area (TPSA) is 109 Å². The number of amidine groups is 1. The summed E-state index contributed by atoms with van der Waals surface area (Å²) in [5.41, 5.74) is 10.8. The third-order valence-corrected chi connectivity index (χ3v) is 4.76. The molecule has 2 heterocycles. The zero-order chi connectivity index (χ0) is 17.6. The molecule has 1 aliphatic heterocycles. The van der Waals surface area contributed by atoms with Crippen LogP contribution >= 0.6 is 0 Å². The van der Waals surface area contributed by atoms with Crippen LogP contribution in [0.25, 0.3) is 16.6 Å². The zero-order valence-corrected chi connectivity index (χ0v) is 13.7. The van der Waals surface area contributed by atoms with Crippen LogP contribution in [0.4, 0.5) is 0 Å². The molecule has 1 atom stereocenters. The molecular weight excluding hydrogens is 318 g/mol. The molecule has 2 aromatic rings. The highest BCUT2D eigenvalue weighted by molar-refractivity contribution is 6.09. The first-order valence-corrected chi connectivity index (χ1v) is 7.99. The number of aromatic nitrogens is 2. The Morgan fingerprint density at radius 1 is 1.32 bits per heavy atom. The van der Waals surface area contributed by atoms with E-state index in [0.717, 1.165) is 23.1 Å². The van der Waals surface area contributed by atoms with Crippen molar-refractivity contribution in [3.8, 4) is 0 Å². The summed E-state index contributed by atoms with van der Waals surface area (Å²) in [6.07, 6.45) is 7.22. The van der Waals surface area contributed by atoms with Gasteiger partial charge in [0.15, 0.2) is 5.84 Å². The van der Waals surface area contributed by atoms with Crippen LogP contribution in [0.3, 0.4) is 0 Å². The van der Waals surface area contributed by atoms with Crippen molar-refractivity contribution in [1.29, 1.82) is 5.41 Å².